The van der Waals surface area contributed by atoms with E-state index in [1.54, 1.807) is 11.3 Å². The Morgan fingerprint density at radius 1 is 1.35 bits per heavy atom. The molecule has 2 N–H and O–H groups in total. The predicted molar refractivity (Wildman–Crippen MR) is 82.2 cm³/mol. The molecule has 2 heterocycles. The molecule has 0 aliphatic carbocycles. The summed E-state index contributed by atoms with van der Waals surface area (Å²) in [6.45, 7) is 3.96. The number of benzene rings is 1. The number of hydrogen-bond acceptors (Lipinski definition) is 3. The van der Waals surface area contributed by atoms with Crippen molar-refractivity contribution in [3.8, 4) is 0 Å². The van der Waals surface area contributed by atoms with Crippen LogP contribution in [-0.4, -0.2) is 15.9 Å². The fraction of sp³-hybridized carbons (Fsp3) is 0.200. The molecule has 0 fully saturated rings. The number of amides is 1. The maximum atomic E-state index is 12.0. The van der Waals surface area contributed by atoms with Gasteiger partial charge in [-0.15, -0.1) is 11.3 Å². The molecule has 1 amide bonds. The van der Waals surface area contributed by atoms with Crippen LogP contribution in [0.25, 0.3) is 10.2 Å². The van der Waals surface area contributed by atoms with Crippen molar-refractivity contribution in [3.63, 3.8) is 0 Å². The molecule has 0 aliphatic heterocycles. The molecule has 1 aromatic carbocycles. The number of aryl methyl sites for hydroxylation is 2. The zero-order valence-electron chi connectivity index (χ0n) is 11.4. The van der Waals surface area contributed by atoms with Crippen LogP contribution in [0.1, 0.15) is 16.3 Å². The number of nitrogens with one attached hydrogen (secondary N) is 2. The highest BCUT2D eigenvalue weighted by Gasteiger charge is 2.07. The van der Waals surface area contributed by atoms with Crippen LogP contribution in [-0.2, 0) is 11.2 Å². The molecule has 0 saturated heterocycles. The molecule has 0 aliphatic rings. The summed E-state index contributed by atoms with van der Waals surface area (Å²) in [7, 11) is 0. The van der Waals surface area contributed by atoms with Crippen molar-refractivity contribution in [1.29, 1.82) is 0 Å². The average molecular weight is 285 g/mol. The van der Waals surface area contributed by atoms with Gasteiger partial charge in [-0.25, -0.2) is 4.98 Å². The van der Waals surface area contributed by atoms with Gasteiger partial charge in [0.25, 0.3) is 0 Å². The van der Waals surface area contributed by atoms with E-state index in [0.717, 1.165) is 32.2 Å². The third-order valence-corrected chi connectivity index (χ3v) is 3.96. The second-order valence-corrected chi connectivity index (χ2v) is 6.07. The Hall–Kier alpha value is -2.14. The van der Waals surface area contributed by atoms with Crippen LogP contribution in [0.5, 0.6) is 0 Å². The van der Waals surface area contributed by atoms with Gasteiger partial charge in [0.1, 0.15) is 0 Å². The van der Waals surface area contributed by atoms with E-state index in [1.807, 2.05) is 44.3 Å². The lowest BCUT2D eigenvalue weighted by Crippen LogP contribution is -2.13. The summed E-state index contributed by atoms with van der Waals surface area (Å²) < 4.78 is 1.10. The smallest absolute Gasteiger partial charge is 0.228 e. The van der Waals surface area contributed by atoms with Crippen molar-refractivity contribution in [1.82, 2.24) is 9.97 Å². The van der Waals surface area contributed by atoms with Crippen molar-refractivity contribution >= 4 is 33.1 Å². The molecule has 102 valence electrons. The first-order chi connectivity index (χ1) is 9.60. The Kier molecular flexibility index (Phi) is 3.28. The summed E-state index contributed by atoms with van der Waals surface area (Å²) in [5, 5.41) is 3.96. The second-order valence-electron chi connectivity index (χ2n) is 4.83. The summed E-state index contributed by atoms with van der Waals surface area (Å²) in [6, 6.07) is 7.78. The number of rotatable bonds is 3. The third kappa shape index (κ3) is 2.72. The van der Waals surface area contributed by atoms with E-state index in [1.165, 1.54) is 0 Å². The number of aromatic amines is 1. The van der Waals surface area contributed by atoms with E-state index in [4.69, 9.17) is 0 Å². The minimum absolute atomic E-state index is 0.00964. The molecule has 0 spiro atoms. The first kappa shape index (κ1) is 12.9. The molecule has 4 nitrogen and oxygen atoms in total. The molecule has 0 atom stereocenters. The minimum atomic E-state index is -0.00964. The normalized spacial score (nSPS) is 10.9. The monoisotopic (exact) mass is 285 g/mol. The fourth-order valence-electron chi connectivity index (χ4n) is 2.18. The predicted octanol–water partition coefficient (Wildman–Crippen LogP) is 3.42. The first-order valence-corrected chi connectivity index (χ1v) is 7.23. The molecule has 0 radical (unpaired) electrons. The molecule has 0 bridgehead atoms. The van der Waals surface area contributed by atoms with Crippen LogP contribution < -0.4 is 5.32 Å². The van der Waals surface area contributed by atoms with Crippen molar-refractivity contribution in [2.75, 3.05) is 5.32 Å². The lowest BCUT2D eigenvalue weighted by molar-refractivity contribution is -0.115. The quantitative estimate of drug-likeness (QED) is 0.774. The number of H-pyrrole nitrogens is 1. The molecule has 3 rings (SSSR count). The van der Waals surface area contributed by atoms with Crippen LogP contribution in [0.3, 0.4) is 0 Å². The van der Waals surface area contributed by atoms with Gasteiger partial charge in [0.2, 0.25) is 5.91 Å². The molecule has 20 heavy (non-hydrogen) atoms. The fourth-order valence-corrected chi connectivity index (χ4v) is 3.04. The summed E-state index contributed by atoms with van der Waals surface area (Å²) in [4.78, 5) is 19.5. The van der Waals surface area contributed by atoms with Crippen molar-refractivity contribution < 1.29 is 4.79 Å². The van der Waals surface area contributed by atoms with Crippen molar-refractivity contribution in [2.45, 2.75) is 20.3 Å². The summed E-state index contributed by atoms with van der Waals surface area (Å²) in [6.07, 6.45) is 2.24. The van der Waals surface area contributed by atoms with Crippen molar-refractivity contribution in [2.24, 2.45) is 0 Å². The van der Waals surface area contributed by atoms with Crippen molar-refractivity contribution in [3.05, 3.63) is 46.7 Å². The Balaban J connectivity index is 1.73. The Labute approximate surface area is 120 Å². The van der Waals surface area contributed by atoms with Gasteiger partial charge in [-0.3, -0.25) is 4.79 Å². The zero-order valence-corrected chi connectivity index (χ0v) is 12.2. The number of hydrogen-bond donors (Lipinski definition) is 2. The highest BCUT2D eigenvalue weighted by molar-refractivity contribution is 7.18. The number of thiazole rings is 1. The highest BCUT2D eigenvalue weighted by Crippen LogP contribution is 2.24. The Morgan fingerprint density at radius 2 is 2.20 bits per heavy atom. The molecule has 5 heteroatoms. The van der Waals surface area contributed by atoms with E-state index in [-0.39, 0.29) is 5.91 Å². The van der Waals surface area contributed by atoms with Crippen LogP contribution in [0, 0.1) is 13.8 Å². The van der Waals surface area contributed by atoms with E-state index < -0.39 is 0 Å². The summed E-state index contributed by atoms with van der Waals surface area (Å²) in [5.74, 6) is -0.00964. The van der Waals surface area contributed by atoms with E-state index in [0.29, 0.717) is 6.42 Å². The minimum Gasteiger partial charge on any atom is -0.365 e. The van der Waals surface area contributed by atoms with E-state index in [9.17, 15) is 4.79 Å². The topological polar surface area (TPSA) is 57.8 Å². The molecular weight excluding hydrogens is 270 g/mol. The molecule has 3 aromatic rings. The zero-order chi connectivity index (χ0) is 14.1. The van der Waals surface area contributed by atoms with Gasteiger partial charge in [-0.1, -0.05) is 0 Å². The van der Waals surface area contributed by atoms with Gasteiger partial charge in [-0.05, 0) is 43.7 Å². The van der Waals surface area contributed by atoms with Gasteiger partial charge >= 0.3 is 0 Å². The molecular formula is C15H15N3OS. The first-order valence-electron chi connectivity index (χ1n) is 6.41. The maximum Gasteiger partial charge on any atom is 0.228 e. The lowest BCUT2D eigenvalue weighted by Gasteiger charge is -2.04. The van der Waals surface area contributed by atoms with Gasteiger partial charge in [0.15, 0.2) is 0 Å². The van der Waals surface area contributed by atoms with Crippen LogP contribution >= 0.6 is 11.3 Å². The average Bonchev–Trinajstić information content (AvgIpc) is 2.93. The molecule has 0 unspecified atom stereocenters. The summed E-state index contributed by atoms with van der Waals surface area (Å²) in [5.41, 5.74) is 3.86. The summed E-state index contributed by atoms with van der Waals surface area (Å²) >= 11 is 1.63. The number of fused-ring (bicyclic) bond motifs is 1. The third-order valence-electron chi connectivity index (χ3n) is 3.03. The van der Waals surface area contributed by atoms with Crippen LogP contribution in [0.15, 0.2) is 30.5 Å². The van der Waals surface area contributed by atoms with Gasteiger partial charge in [0, 0.05) is 17.6 Å². The number of nitrogens with zero attached hydrogens (tertiary/aromatic N) is 1. The van der Waals surface area contributed by atoms with Gasteiger partial charge in [-0.2, -0.15) is 0 Å². The maximum absolute atomic E-state index is 12.0. The number of aromatic nitrogens is 2. The number of carbonyl (C=O) groups is 1. The van der Waals surface area contributed by atoms with E-state index >= 15 is 0 Å². The lowest BCUT2D eigenvalue weighted by atomic mass is 10.2. The Morgan fingerprint density at radius 3 is 2.95 bits per heavy atom. The number of anilines is 1. The van der Waals surface area contributed by atoms with Crippen LogP contribution in [0.4, 0.5) is 5.69 Å². The Bertz CT molecular complexity index is 772. The second kappa shape index (κ2) is 5.09. The highest BCUT2D eigenvalue weighted by atomic mass is 32.1. The van der Waals surface area contributed by atoms with Gasteiger partial charge in [0.05, 0.1) is 21.6 Å². The standard InChI is InChI=1S/C15H15N3OS/c1-9-5-11(8-16-9)6-15(19)18-12-3-4-13-14(7-12)20-10(2)17-13/h3-5,7-8,16H,6H2,1-2H3,(H,18,19). The SMILES string of the molecule is Cc1cc(CC(=O)Nc2ccc3nc(C)sc3c2)c[nH]1. The molecule has 2 aromatic heterocycles. The van der Waals surface area contributed by atoms with E-state index in [2.05, 4.69) is 15.3 Å². The number of carbonyl (C=O) groups excluding carboxylic acids is 1. The largest absolute Gasteiger partial charge is 0.365 e. The van der Waals surface area contributed by atoms with Crippen LogP contribution in [0.2, 0.25) is 0 Å². The molecule has 0 saturated carbocycles. The van der Waals surface area contributed by atoms with Gasteiger partial charge < -0.3 is 10.3 Å².